The van der Waals surface area contributed by atoms with Crippen LogP contribution in [0.25, 0.3) is 10.8 Å². The number of hydrogen-bond acceptors (Lipinski definition) is 4. The van der Waals surface area contributed by atoms with Crippen molar-refractivity contribution >= 4 is 11.3 Å². The second-order valence-corrected chi connectivity index (χ2v) is 5.34. The number of rotatable bonds is 5. The van der Waals surface area contributed by atoms with Crippen LogP contribution in [0.2, 0.25) is 0 Å². The van der Waals surface area contributed by atoms with Crippen LogP contribution in [0.5, 0.6) is 0 Å². The molecule has 0 radical (unpaired) electrons. The van der Waals surface area contributed by atoms with Crippen molar-refractivity contribution in [1.29, 1.82) is 0 Å². The summed E-state index contributed by atoms with van der Waals surface area (Å²) in [6.07, 6.45) is 2.65. The summed E-state index contributed by atoms with van der Waals surface area (Å²) in [6.45, 7) is 7.33. The van der Waals surface area contributed by atoms with Gasteiger partial charge in [-0.15, -0.1) is 11.3 Å². The normalized spacial score (nSPS) is 11.3. The van der Waals surface area contributed by atoms with Gasteiger partial charge in [-0.1, -0.05) is 20.8 Å². The second kappa shape index (κ2) is 5.47. The fourth-order valence-corrected chi connectivity index (χ4v) is 2.67. The maximum atomic E-state index is 5.39. The quantitative estimate of drug-likeness (QED) is 0.883. The van der Waals surface area contributed by atoms with E-state index in [0.29, 0.717) is 6.04 Å². The first kappa shape index (κ1) is 12.3. The molecule has 0 aliphatic carbocycles. The van der Waals surface area contributed by atoms with E-state index in [9.17, 15) is 0 Å². The van der Waals surface area contributed by atoms with Gasteiger partial charge < -0.3 is 9.73 Å². The molecule has 0 bridgehead atoms. The number of aryl methyl sites for hydroxylation is 1. The van der Waals surface area contributed by atoms with Crippen LogP contribution in [0.15, 0.2) is 22.8 Å². The largest absolute Gasteiger partial charge is 0.462 e. The Morgan fingerprint density at radius 1 is 1.47 bits per heavy atom. The lowest BCUT2D eigenvalue weighted by atomic mass is 10.3. The fraction of sp³-hybridized carbons (Fsp3) is 0.462. The summed E-state index contributed by atoms with van der Waals surface area (Å²) in [5.74, 6) is 0.862. The molecule has 0 unspecified atom stereocenters. The molecule has 0 atom stereocenters. The molecule has 2 rings (SSSR count). The Bertz CT molecular complexity index is 460. The lowest BCUT2D eigenvalue weighted by Crippen LogP contribution is -2.21. The summed E-state index contributed by atoms with van der Waals surface area (Å²) in [5, 5.41) is 4.41. The zero-order valence-electron chi connectivity index (χ0n) is 10.5. The van der Waals surface area contributed by atoms with Gasteiger partial charge in [0.05, 0.1) is 12.0 Å². The molecule has 17 heavy (non-hydrogen) atoms. The number of aromatic nitrogens is 1. The topological polar surface area (TPSA) is 38.1 Å². The molecular weight excluding hydrogens is 232 g/mol. The molecule has 0 fully saturated rings. The molecule has 0 aliphatic rings. The second-order valence-electron chi connectivity index (χ2n) is 4.26. The van der Waals surface area contributed by atoms with Gasteiger partial charge in [0.2, 0.25) is 0 Å². The van der Waals surface area contributed by atoms with Crippen molar-refractivity contribution in [2.24, 2.45) is 0 Å². The summed E-state index contributed by atoms with van der Waals surface area (Å²) < 4.78 is 5.39. The summed E-state index contributed by atoms with van der Waals surface area (Å²) in [5.41, 5.74) is 1.18. The summed E-state index contributed by atoms with van der Waals surface area (Å²) in [7, 11) is 0. The predicted molar refractivity (Wildman–Crippen MR) is 71.2 cm³/mol. The highest BCUT2D eigenvalue weighted by Crippen LogP contribution is 2.28. The third-order valence-electron chi connectivity index (χ3n) is 2.52. The molecule has 0 saturated heterocycles. The first-order chi connectivity index (χ1) is 8.20. The Kier molecular flexibility index (Phi) is 3.97. The third-order valence-corrected chi connectivity index (χ3v) is 3.63. The van der Waals surface area contributed by atoms with Crippen molar-refractivity contribution in [3.05, 3.63) is 29.0 Å². The number of nitrogens with zero attached hydrogens (tertiary/aromatic N) is 1. The molecule has 2 heterocycles. The molecule has 0 amide bonds. The highest BCUT2D eigenvalue weighted by molar-refractivity contribution is 7.15. The maximum Gasteiger partial charge on any atom is 0.162 e. The fourth-order valence-electron chi connectivity index (χ4n) is 1.60. The zero-order chi connectivity index (χ0) is 12.3. The monoisotopic (exact) mass is 250 g/mol. The number of nitrogens with one attached hydrogen (secondary N) is 1. The van der Waals surface area contributed by atoms with Gasteiger partial charge in [-0.3, -0.25) is 0 Å². The number of hydrogen-bond donors (Lipinski definition) is 1. The minimum atomic E-state index is 0.494. The molecule has 2 aromatic rings. The average Bonchev–Trinajstić information content (AvgIpc) is 2.94. The molecular formula is C13H18N2OS. The van der Waals surface area contributed by atoms with E-state index in [0.717, 1.165) is 23.7 Å². The molecule has 3 nitrogen and oxygen atoms in total. The van der Waals surface area contributed by atoms with E-state index in [1.54, 1.807) is 17.6 Å². The van der Waals surface area contributed by atoms with Gasteiger partial charge in [0.1, 0.15) is 0 Å². The number of furan rings is 1. The Hall–Kier alpha value is -1.13. The average molecular weight is 250 g/mol. The highest BCUT2D eigenvalue weighted by atomic mass is 32.1. The molecule has 0 spiro atoms. The van der Waals surface area contributed by atoms with E-state index in [-0.39, 0.29) is 0 Å². The summed E-state index contributed by atoms with van der Waals surface area (Å²) >= 11 is 1.72. The minimum absolute atomic E-state index is 0.494. The van der Waals surface area contributed by atoms with E-state index in [1.165, 1.54) is 10.6 Å². The van der Waals surface area contributed by atoms with Crippen LogP contribution in [-0.2, 0) is 13.0 Å². The van der Waals surface area contributed by atoms with Gasteiger partial charge >= 0.3 is 0 Å². The summed E-state index contributed by atoms with van der Waals surface area (Å²) in [6, 6.07) is 4.35. The minimum Gasteiger partial charge on any atom is -0.462 e. The van der Waals surface area contributed by atoms with Gasteiger partial charge in [-0.25, -0.2) is 4.98 Å². The molecule has 4 heteroatoms. The summed E-state index contributed by atoms with van der Waals surface area (Å²) in [4.78, 5) is 5.95. The Morgan fingerprint density at radius 2 is 2.29 bits per heavy atom. The Balaban J connectivity index is 2.20. The molecule has 2 aromatic heterocycles. The zero-order valence-corrected chi connectivity index (χ0v) is 11.3. The Labute approximate surface area is 106 Å². The van der Waals surface area contributed by atoms with E-state index in [1.807, 2.05) is 12.1 Å². The predicted octanol–water partition coefficient (Wildman–Crippen LogP) is 3.46. The highest BCUT2D eigenvalue weighted by Gasteiger charge is 2.12. The molecule has 92 valence electrons. The number of thiazole rings is 1. The first-order valence-electron chi connectivity index (χ1n) is 5.96. The van der Waals surface area contributed by atoms with Gasteiger partial charge in [-0.05, 0) is 18.6 Å². The van der Waals surface area contributed by atoms with Gasteiger partial charge in [0.15, 0.2) is 10.8 Å². The molecule has 0 saturated carbocycles. The standard InChI is InChI=1S/C13H18N2OS/c1-4-10-12(8-14-9(2)3)17-13(15-10)11-6-5-7-16-11/h5-7,9,14H,4,8H2,1-3H3. The van der Waals surface area contributed by atoms with Crippen LogP contribution >= 0.6 is 11.3 Å². The van der Waals surface area contributed by atoms with E-state index in [2.05, 4.69) is 31.1 Å². The van der Waals surface area contributed by atoms with Crippen molar-refractivity contribution in [3.63, 3.8) is 0 Å². The van der Waals surface area contributed by atoms with Crippen LogP contribution in [0, 0.1) is 0 Å². The van der Waals surface area contributed by atoms with Crippen LogP contribution in [0.1, 0.15) is 31.3 Å². The van der Waals surface area contributed by atoms with E-state index in [4.69, 9.17) is 4.42 Å². The molecule has 0 aromatic carbocycles. The maximum absolute atomic E-state index is 5.39. The van der Waals surface area contributed by atoms with Crippen molar-refractivity contribution in [2.75, 3.05) is 0 Å². The van der Waals surface area contributed by atoms with Gasteiger partial charge in [0, 0.05) is 17.5 Å². The van der Waals surface area contributed by atoms with E-state index < -0.39 is 0 Å². The van der Waals surface area contributed by atoms with Gasteiger partial charge in [-0.2, -0.15) is 0 Å². The van der Waals surface area contributed by atoms with Gasteiger partial charge in [0.25, 0.3) is 0 Å². The van der Waals surface area contributed by atoms with Crippen molar-refractivity contribution in [3.8, 4) is 10.8 Å². The van der Waals surface area contributed by atoms with Crippen LogP contribution in [0.4, 0.5) is 0 Å². The van der Waals surface area contributed by atoms with Crippen LogP contribution in [-0.4, -0.2) is 11.0 Å². The van der Waals surface area contributed by atoms with Crippen LogP contribution in [0.3, 0.4) is 0 Å². The third kappa shape index (κ3) is 2.96. The van der Waals surface area contributed by atoms with E-state index >= 15 is 0 Å². The van der Waals surface area contributed by atoms with Crippen molar-refractivity contribution < 1.29 is 4.42 Å². The lowest BCUT2D eigenvalue weighted by molar-refractivity contribution is 0.581. The smallest absolute Gasteiger partial charge is 0.162 e. The first-order valence-corrected chi connectivity index (χ1v) is 6.78. The molecule has 0 aliphatic heterocycles. The van der Waals surface area contributed by atoms with Crippen LogP contribution < -0.4 is 5.32 Å². The van der Waals surface area contributed by atoms with Crippen molar-refractivity contribution in [2.45, 2.75) is 39.8 Å². The molecule has 1 N–H and O–H groups in total. The SMILES string of the molecule is CCc1nc(-c2ccco2)sc1CNC(C)C. The Morgan fingerprint density at radius 3 is 2.88 bits per heavy atom. The van der Waals surface area contributed by atoms with Crippen molar-refractivity contribution in [1.82, 2.24) is 10.3 Å². The lowest BCUT2D eigenvalue weighted by Gasteiger charge is -2.06.